The minimum Gasteiger partial charge on any atom is -0.507 e. The van der Waals surface area contributed by atoms with Crippen molar-refractivity contribution in [2.24, 2.45) is 5.10 Å². The summed E-state index contributed by atoms with van der Waals surface area (Å²) in [5, 5.41) is 24.0. The van der Waals surface area contributed by atoms with Gasteiger partial charge in [0, 0.05) is 23.2 Å². The van der Waals surface area contributed by atoms with Crippen LogP contribution < -0.4 is 10.3 Å². The minimum absolute atomic E-state index is 0.00975. The van der Waals surface area contributed by atoms with Gasteiger partial charge in [-0.25, -0.2) is 4.79 Å². The van der Waals surface area contributed by atoms with E-state index in [2.05, 4.69) is 10.5 Å². The monoisotopic (exact) mass is 581 g/mol. The lowest BCUT2D eigenvalue weighted by Crippen LogP contribution is -2.49. The Bertz CT molecular complexity index is 1700. The second-order valence-electron chi connectivity index (χ2n) is 9.85. The summed E-state index contributed by atoms with van der Waals surface area (Å²) in [6, 6.07) is 13.2. The highest BCUT2D eigenvalue weighted by Gasteiger charge is 2.43. The standard InChI is InChI=1S/C30H23ClF3N3O4/c1-16-9-10-19(12-17(16)2)37-24-14-22(30(32,33)34)23(31)13-21(24)26(27(37)39)35-36-29(28(40)41)11-5-6-18(15-29)20-7-3-4-8-25(20)38/h3-14,36,38H,15H2,1-2H3,(H,40,41)/b35-26-. The number of hydrogen-bond acceptors (Lipinski definition) is 5. The average Bonchev–Trinajstić information content (AvgIpc) is 3.18. The zero-order valence-electron chi connectivity index (χ0n) is 21.8. The van der Waals surface area contributed by atoms with Crippen LogP contribution in [0.25, 0.3) is 5.57 Å². The maximum atomic E-state index is 13.8. The van der Waals surface area contributed by atoms with Gasteiger partial charge in [0.05, 0.1) is 16.3 Å². The number of halogens is 4. The molecule has 5 rings (SSSR count). The number of aryl methyl sites for hydroxylation is 2. The second-order valence-corrected chi connectivity index (χ2v) is 10.3. The summed E-state index contributed by atoms with van der Waals surface area (Å²) in [7, 11) is 0. The number of aliphatic carboxylic acids is 1. The fourth-order valence-corrected chi connectivity index (χ4v) is 5.09. The van der Waals surface area contributed by atoms with Crippen molar-refractivity contribution in [1.82, 2.24) is 5.43 Å². The summed E-state index contributed by atoms with van der Waals surface area (Å²) in [6.45, 7) is 3.67. The summed E-state index contributed by atoms with van der Waals surface area (Å²) in [5.74, 6) is -2.12. The van der Waals surface area contributed by atoms with Crippen LogP contribution in [0.3, 0.4) is 0 Å². The Balaban J connectivity index is 1.60. The number of carboxylic acids is 1. The molecule has 11 heteroatoms. The van der Waals surface area contributed by atoms with Crippen LogP contribution in [0.15, 0.2) is 77.9 Å². The van der Waals surface area contributed by atoms with Gasteiger partial charge in [-0.1, -0.05) is 48.0 Å². The quantitative estimate of drug-likeness (QED) is 0.298. The lowest BCUT2D eigenvalue weighted by molar-refractivity contribution is -0.142. The molecule has 3 aromatic carbocycles. The molecule has 0 radical (unpaired) electrons. The lowest BCUT2D eigenvalue weighted by atomic mass is 9.84. The Hall–Kier alpha value is -4.57. The number of carbonyl (C=O) groups excluding carboxylic acids is 1. The van der Waals surface area contributed by atoms with Gasteiger partial charge in [-0.15, -0.1) is 0 Å². The summed E-state index contributed by atoms with van der Waals surface area (Å²) in [5.41, 5.74) is 2.22. The van der Waals surface area contributed by atoms with Crippen LogP contribution >= 0.6 is 11.6 Å². The molecule has 0 aromatic heterocycles. The number of para-hydroxylation sites is 1. The molecule has 210 valence electrons. The van der Waals surface area contributed by atoms with Crippen LogP contribution in [-0.4, -0.2) is 33.3 Å². The van der Waals surface area contributed by atoms with E-state index in [4.69, 9.17) is 11.6 Å². The molecular weight excluding hydrogens is 559 g/mol. The molecule has 41 heavy (non-hydrogen) atoms. The molecular formula is C30H23ClF3N3O4. The van der Waals surface area contributed by atoms with Crippen molar-refractivity contribution < 1.29 is 33.0 Å². The van der Waals surface area contributed by atoms with E-state index in [1.54, 1.807) is 42.5 Å². The number of nitrogens with one attached hydrogen (secondary N) is 1. The fraction of sp³-hybridized carbons (Fsp3) is 0.167. The summed E-state index contributed by atoms with van der Waals surface area (Å²) < 4.78 is 41.3. The molecule has 1 unspecified atom stereocenters. The molecule has 0 saturated carbocycles. The van der Waals surface area contributed by atoms with E-state index in [1.165, 1.54) is 18.2 Å². The highest BCUT2D eigenvalue weighted by molar-refractivity contribution is 6.56. The molecule has 0 fully saturated rings. The van der Waals surface area contributed by atoms with Gasteiger partial charge < -0.3 is 10.2 Å². The smallest absolute Gasteiger partial charge is 0.417 e. The number of carbonyl (C=O) groups is 2. The van der Waals surface area contributed by atoms with Gasteiger partial charge in [-0.05, 0) is 67.0 Å². The molecule has 0 spiro atoms. The van der Waals surface area contributed by atoms with Gasteiger partial charge in [0.2, 0.25) is 0 Å². The van der Waals surface area contributed by atoms with Gasteiger partial charge >= 0.3 is 12.1 Å². The number of aromatic hydroxyl groups is 1. The third-order valence-electron chi connectivity index (χ3n) is 7.19. The van der Waals surface area contributed by atoms with Gasteiger partial charge in [0.25, 0.3) is 5.91 Å². The van der Waals surface area contributed by atoms with E-state index < -0.39 is 34.2 Å². The number of amides is 1. The van der Waals surface area contributed by atoms with Crippen LogP contribution in [-0.2, 0) is 15.8 Å². The number of benzene rings is 3. The molecule has 3 aromatic rings. The van der Waals surface area contributed by atoms with Gasteiger partial charge in [-0.3, -0.25) is 15.1 Å². The van der Waals surface area contributed by atoms with Crippen molar-refractivity contribution in [3.8, 4) is 5.75 Å². The Labute approximate surface area is 237 Å². The number of phenols is 1. The van der Waals surface area contributed by atoms with Crippen LogP contribution in [0, 0.1) is 13.8 Å². The van der Waals surface area contributed by atoms with Crippen molar-refractivity contribution in [3.05, 3.63) is 106 Å². The first-order chi connectivity index (χ1) is 19.3. The highest BCUT2D eigenvalue weighted by atomic mass is 35.5. The number of anilines is 2. The molecule has 0 bridgehead atoms. The van der Waals surface area contributed by atoms with Crippen LogP contribution in [0.1, 0.15) is 34.2 Å². The second kappa shape index (κ2) is 10.1. The Morgan fingerprint density at radius 3 is 2.46 bits per heavy atom. The summed E-state index contributed by atoms with van der Waals surface area (Å²) in [4.78, 5) is 27.4. The number of rotatable bonds is 5. The van der Waals surface area contributed by atoms with Crippen molar-refractivity contribution >= 4 is 46.1 Å². The SMILES string of the molecule is Cc1ccc(N2C(=O)/C(=N\NC3(C(=O)O)C=CC=C(c4ccccc4O)C3)c3cc(Cl)c(C(F)(F)F)cc32)cc1C. The number of fused-ring (bicyclic) bond motifs is 1. The molecule has 0 saturated heterocycles. The van der Waals surface area contributed by atoms with E-state index >= 15 is 0 Å². The number of carboxylic acid groups (broad SMARTS) is 1. The van der Waals surface area contributed by atoms with E-state index in [-0.39, 0.29) is 29.1 Å². The van der Waals surface area contributed by atoms with Crippen molar-refractivity contribution in [2.75, 3.05) is 4.90 Å². The first-order valence-corrected chi connectivity index (χ1v) is 12.8. The predicted molar refractivity (Wildman–Crippen MR) is 149 cm³/mol. The molecule has 1 atom stereocenters. The number of alkyl halides is 3. The third kappa shape index (κ3) is 4.95. The Morgan fingerprint density at radius 1 is 1.07 bits per heavy atom. The van der Waals surface area contributed by atoms with Crippen molar-refractivity contribution in [3.63, 3.8) is 0 Å². The van der Waals surface area contributed by atoms with Crippen LogP contribution in [0.2, 0.25) is 5.02 Å². The summed E-state index contributed by atoms with van der Waals surface area (Å²) >= 11 is 6.01. The number of hydrogen-bond donors (Lipinski definition) is 3. The molecule has 3 N–H and O–H groups in total. The van der Waals surface area contributed by atoms with Gasteiger partial charge in [0.15, 0.2) is 11.3 Å². The normalized spacial score (nSPS) is 19.4. The van der Waals surface area contributed by atoms with Crippen LogP contribution in [0.4, 0.5) is 24.5 Å². The molecule has 1 heterocycles. The maximum absolute atomic E-state index is 13.8. The predicted octanol–water partition coefficient (Wildman–Crippen LogP) is 6.52. The van der Waals surface area contributed by atoms with E-state index in [0.717, 1.165) is 28.2 Å². The maximum Gasteiger partial charge on any atom is 0.417 e. The van der Waals surface area contributed by atoms with E-state index in [0.29, 0.717) is 16.8 Å². The number of hydrazone groups is 1. The van der Waals surface area contributed by atoms with Gasteiger partial charge in [0.1, 0.15) is 5.75 Å². The first kappa shape index (κ1) is 28.0. The number of phenolic OH excluding ortho intramolecular Hbond substituents is 1. The molecule has 1 amide bonds. The van der Waals surface area contributed by atoms with Gasteiger partial charge in [-0.2, -0.15) is 18.3 Å². The molecule has 2 aliphatic rings. The van der Waals surface area contributed by atoms with E-state index in [1.807, 2.05) is 13.8 Å². The highest BCUT2D eigenvalue weighted by Crippen LogP contribution is 2.44. The number of allylic oxidation sites excluding steroid dienone is 2. The Morgan fingerprint density at radius 2 is 1.80 bits per heavy atom. The first-order valence-electron chi connectivity index (χ1n) is 12.4. The molecule has 7 nitrogen and oxygen atoms in total. The van der Waals surface area contributed by atoms with Crippen LogP contribution in [0.5, 0.6) is 5.75 Å². The third-order valence-corrected chi connectivity index (χ3v) is 7.50. The van der Waals surface area contributed by atoms with Crippen molar-refractivity contribution in [1.29, 1.82) is 0 Å². The molecule has 1 aliphatic carbocycles. The molecule has 1 aliphatic heterocycles. The topological polar surface area (TPSA) is 102 Å². The largest absolute Gasteiger partial charge is 0.507 e. The Kier molecular flexibility index (Phi) is 6.90. The lowest BCUT2D eigenvalue weighted by Gasteiger charge is -2.29. The van der Waals surface area contributed by atoms with E-state index in [9.17, 15) is 33.0 Å². The zero-order chi connectivity index (χ0) is 29.7. The average molecular weight is 582 g/mol. The summed E-state index contributed by atoms with van der Waals surface area (Å²) in [6.07, 6.45) is -0.438. The number of nitrogens with zero attached hydrogens (tertiary/aromatic N) is 2. The fourth-order valence-electron chi connectivity index (χ4n) is 4.82. The van der Waals surface area contributed by atoms with Crippen molar-refractivity contribution in [2.45, 2.75) is 32.0 Å². The zero-order valence-corrected chi connectivity index (χ0v) is 22.5. The minimum atomic E-state index is -4.78.